The van der Waals surface area contributed by atoms with Crippen LogP contribution in [0.25, 0.3) is 0 Å². The highest BCUT2D eigenvalue weighted by molar-refractivity contribution is 5.93. The fourth-order valence-electron chi connectivity index (χ4n) is 11.0. The molecule has 0 amide bonds. The van der Waals surface area contributed by atoms with E-state index >= 15 is 4.79 Å². The highest BCUT2D eigenvalue weighted by atomic mass is 16.6. The van der Waals surface area contributed by atoms with Gasteiger partial charge >= 0.3 is 11.9 Å². The smallest absolute Gasteiger partial charge is 0.303 e. The van der Waals surface area contributed by atoms with Crippen LogP contribution in [0.3, 0.4) is 0 Å². The molecule has 7 rings (SSSR count). The number of aliphatic hydroxyl groups excluding tert-OH is 3. The van der Waals surface area contributed by atoms with E-state index in [-0.39, 0.29) is 31.5 Å². The Hall–Kier alpha value is -2.31. The summed E-state index contributed by atoms with van der Waals surface area (Å²) in [5, 5.41) is 35.4. The Kier molecular flexibility index (Phi) is 5.50. The summed E-state index contributed by atoms with van der Waals surface area (Å²) in [5.74, 6) is -3.56. The number of aliphatic hydroxyl groups is 3. The fourth-order valence-corrected chi connectivity index (χ4v) is 11.0. The van der Waals surface area contributed by atoms with Gasteiger partial charge in [0.1, 0.15) is 11.7 Å². The summed E-state index contributed by atoms with van der Waals surface area (Å²) in [7, 11) is 0. The number of carbonyl (C=O) groups is 3. The van der Waals surface area contributed by atoms with Crippen LogP contribution in [-0.4, -0.2) is 82.1 Å². The van der Waals surface area contributed by atoms with Crippen molar-refractivity contribution in [3.05, 3.63) is 24.2 Å². The van der Waals surface area contributed by atoms with Gasteiger partial charge in [-0.05, 0) is 30.4 Å². The number of rotatable bonds is 3. The van der Waals surface area contributed by atoms with Gasteiger partial charge in [0.15, 0.2) is 18.2 Å². The van der Waals surface area contributed by atoms with Crippen LogP contribution in [0.2, 0.25) is 0 Å². The summed E-state index contributed by atoms with van der Waals surface area (Å²) in [6.45, 7) is 7.85. The van der Waals surface area contributed by atoms with Gasteiger partial charge in [-0.1, -0.05) is 20.8 Å². The van der Waals surface area contributed by atoms with Crippen LogP contribution in [0, 0.1) is 33.5 Å². The lowest BCUT2D eigenvalue weighted by atomic mass is 9.33. The van der Waals surface area contributed by atoms with Crippen LogP contribution in [0.5, 0.6) is 0 Å². The quantitative estimate of drug-likeness (QED) is 0.354. The maximum atomic E-state index is 15.0. The molecule has 4 aliphatic carbocycles. The number of ether oxygens (including phenoxy) is 4. The Morgan fingerprint density at radius 2 is 1.68 bits per heavy atom. The molecular weight excluding hydrogens is 536 g/mol. The maximum absolute atomic E-state index is 15.0. The first-order valence-corrected chi connectivity index (χ1v) is 14.5. The Labute approximate surface area is 237 Å². The third kappa shape index (κ3) is 2.85. The summed E-state index contributed by atoms with van der Waals surface area (Å²) in [6, 6.07) is 1.84. The molecule has 1 spiro atoms. The normalized spacial score (nSPS) is 54.7. The number of carbonyl (C=O) groups excluding carboxylic acids is 3. The number of ketones is 1. The number of fused-ring (bicyclic) bond motifs is 1. The van der Waals surface area contributed by atoms with E-state index in [0.717, 1.165) is 5.56 Å². The number of Topliss-reactive ketones (excluding diaryl/α,β-unsaturated/α-hetero) is 1. The first kappa shape index (κ1) is 27.5. The zero-order valence-corrected chi connectivity index (χ0v) is 23.9. The summed E-state index contributed by atoms with van der Waals surface area (Å²) in [4.78, 5) is 39.7. The SMILES string of the molecule is CC(=O)OC1C(=O)[C@@H]2[C@@]34COC(O)[C@@](C)([C@H](OC(C)=O)C[C@@H]3O)[C@@H]4C[C@@H](O)[C@@]2(C)[C@@]23O[C@@H]2C[C@@H](c2ccoc2)[C@]13C. The highest BCUT2D eigenvalue weighted by Crippen LogP contribution is 2.82. The first-order chi connectivity index (χ1) is 19.2. The zero-order valence-electron chi connectivity index (χ0n) is 23.9. The second-order valence-corrected chi connectivity index (χ2v) is 13.9. The van der Waals surface area contributed by atoms with Crippen LogP contribution in [0.15, 0.2) is 23.0 Å². The third-order valence-electron chi connectivity index (χ3n) is 12.6. The van der Waals surface area contributed by atoms with E-state index in [1.165, 1.54) is 13.8 Å². The van der Waals surface area contributed by atoms with Gasteiger partial charge in [0.25, 0.3) is 0 Å². The Balaban J connectivity index is 1.44. The molecule has 1 aromatic rings. The van der Waals surface area contributed by atoms with E-state index in [0.29, 0.717) is 6.42 Å². The lowest BCUT2D eigenvalue weighted by Gasteiger charge is -2.73. The lowest BCUT2D eigenvalue weighted by molar-refractivity contribution is -0.373. The number of esters is 2. The predicted molar refractivity (Wildman–Crippen MR) is 137 cm³/mol. The maximum Gasteiger partial charge on any atom is 0.303 e. The van der Waals surface area contributed by atoms with E-state index in [2.05, 4.69) is 0 Å². The molecule has 0 radical (unpaired) electrons. The first-order valence-electron chi connectivity index (χ1n) is 14.5. The Bertz CT molecular complexity index is 1310. The third-order valence-corrected chi connectivity index (χ3v) is 12.6. The average molecular weight is 575 g/mol. The topological polar surface area (TPSA) is 165 Å². The standard InChI is InChI=1S/C30H38O11/c1-13(31)39-20-10-19(34)29-12-38-25(36)26(20,3)17(29)9-18(33)28(5)23(29)22(35)24(40-14(2)32)27(4)16(15-6-7-37-11-15)8-21-30(27,28)41-21/h6-7,11,16-21,23-25,33-34,36H,8-10,12H2,1-5H3/t16-,17-,18+,19-,20+,21+,23-,24?,25?,26+,27+,28+,29+,30+/m0/s1. The fraction of sp³-hybridized carbons (Fsp3) is 0.767. The van der Waals surface area contributed by atoms with Gasteiger partial charge in [0.05, 0.1) is 48.3 Å². The van der Waals surface area contributed by atoms with Crippen molar-refractivity contribution < 1.29 is 53.1 Å². The monoisotopic (exact) mass is 574 g/mol. The van der Waals surface area contributed by atoms with Crippen molar-refractivity contribution in [1.82, 2.24) is 0 Å². The van der Waals surface area contributed by atoms with Gasteiger partial charge in [-0.2, -0.15) is 0 Å². The van der Waals surface area contributed by atoms with E-state index in [4.69, 9.17) is 23.4 Å². The van der Waals surface area contributed by atoms with Crippen molar-refractivity contribution in [3.8, 4) is 0 Å². The summed E-state index contributed by atoms with van der Waals surface area (Å²) >= 11 is 0. The van der Waals surface area contributed by atoms with E-state index in [1.54, 1.807) is 19.5 Å². The Morgan fingerprint density at radius 3 is 2.32 bits per heavy atom. The van der Waals surface area contributed by atoms with Crippen molar-refractivity contribution in [3.63, 3.8) is 0 Å². The van der Waals surface area contributed by atoms with Gasteiger partial charge < -0.3 is 38.7 Å². The minimum Gasteiger partial charge on any atom is -0.472 e. The molecular formula is C30H38O11. The molecule has 224 valence electrons. The average Bonchev–Trinajstić information content (AvgIpc) is 3.26. The molecule has 2 aliphatic heterocycles. The van der Waals surface area contributed by atoms with E-state index < -0.39 is 87.5 Å². The summed E-state index contributed by atoms with van der Waals surface area (Å²) < 4.78 is 29.5. The molecule has 3 N–H and O–H groups in total. The summed E-state index contributed by atoms with van der Waals surface area (Å²) in [5.41, 5.74) is -4.93. The second kappa shape index (κ2) is 8.19. The molecule has 1 aromatic heterocycles. The molecule has 2 unspecified atom stereocenters. The number of furan rings is 1. The molecule has 2 saturated heterocycles. The number of epoxide rings is 1. The molecule has 11 heteroatoms. The van der Waals surface area contributed by atoms with Crippen LogP contribution in [0.1, 0.15) is 65.4 Å². The van der Waals surface area contributed by atoms with Gasteiger partial charge in [-0.3, -0.25) is 14.4 Å². The molecule has 6 aliphatic rings. The van der Waals surface area contributed by atoms with E-state index in [1.807, 2.05) is 19.9 Å². The molecule has 2 bridgehead atoms. The number of hydrogen-bond acceptors (Lipinski definition) is 11. The number of hydrogen-bond donors (Lipinski definition) is 3. The molecule has 0 aromatic carbocycles. The van der Waals surface area contributed by atoms with Crippen LogP contribution < -0.4 is 0 Å². The second-order valence-electron chi connectivity index (χ2n) is 13.9. The van der Waals surface area contributed by atoms with Crippen molar-refractivity contribution in [2.24, 2.45) is 33.5 Å². The molecule has 4 saturated carbocycles. The zero-order chi connectivity index (χ0) is 29.5. The minimum atomic E-state index is -1.36. The van der Waals surface area contributed by atoms with E-state index in [9.17, 15) is 24.9 Å². The van der Waals surface area contributed by atoms with Crippen molar-refractivity contribution in [2.75, 3.05) is 6.61 Å². The van der Waals surface area contributed by atoms with Gasteiger partial charge in [0, 0.05) is 42.9 Å². The Morgan fingerprint density at radius 1 is 0.976 bits per heavy atom. The molecule has 14 atom stereocenters. The van der Waals surface area contributed by atoms with Crippen molar-refractivity contribution >= 4 is 17.7 Å². The van der Waals surface area contributed by atoms with Crippen LogP contribution >= 0.6 is 0 Å². The molecule has 41 heavy (non-hydrogen) atoms. The molecule has 3 heterocycles. The molecule has 11 nitrogen and oxygen atoms in total. The summed E-state index contributed by atoms with van der Waals surface area (Å²) in [6.07, 6.45) is -2.27. The lowest BCUT2D eigenvalue weighted by Crippen LogP contribution is -2.82. The predicted octanol–water partition coefficient (Wildman–Crippen LogP) is 1.47. The largest absolute Gasteiger partial charge is 0.472 e. The van der Waals surface area contributed by atoms with Crippen molar-refractivity contribution in [2.45, 2.75) is 102 Å². The van der Waals surface area contributed by atoms with Gasteiger partial charge in [-0.15, -0.1) is 0 Å². The van der Waals surface area contributed by atoms with Crippen LogP contribution in [0.4, 0.5) is 0 Å². The minimum absolute atomic E-state index is 0.0205. The van der Waals surface area contributed by atoms with Crippen molar-refractivity contribution in [1.29, 1.82) is 0 Å². The van der Waals surface area contributed by atoms with Gasteiger partial charge in [0.2, 0.25) is 0 Å². The van der Waals surface area contributed by atoms with Gasteiger partial charge in [-0.25, -0.2) is 0 Å². The highest BCUT2D eigenvalue weighted by Gasteiger charge is 2.92. The molecule has 6 fully saturated rings. The van der Waals surface area contributed by atoms with Crippen LogP contribution in [-0.2, 0) is 33.3 Å².